The second-order valence-electron chi connectivity index (χ2n) is 3.75. The first kappa shape index (κ1) is 13.4. The predicted octanol–water partition coefficient (Wildman–Crippen LogP) is 3.47. The molecule has 0 spiro atoms. The smallest absolute Gasteiger partial charge is 0.272 e. The number of alkyl halides is 1. The summed E-state index contributed by atoms with van der Waals surface area (Å²) >= 11 is 5.93. The van der Waals surface area contributed by atoms with E-state index < -0.39 is 16.1 Å². The molecule has 0 aliphatic heterocycles. The number of aromatic nitrogens is 2. The lowest BCUT2D eigenvalue weighted by atomic mass is 10.2. The molecule has 0 saturated carbocycles. The summed E-state index contributed by atoms with van der Waals surface area (Å²) in [5, 5.41) is 13.7. The summed E-state index contributed by atoms with van der Waals surface area (Å²) in [6.45, 7) is 1.85. The molecule has 100 valence electrons. The van der Waals surface area contributed by atoms with Gasteiger partial charge in [0.2, 0.25) is 0 Å². The fraction of sp³-hybridized carbons (Fsp3) is 0.273. The molecular weight excluding hydrogens is 277 g/mol. The van der Waals surface area contributed by atoms with E-state index in [1.54, 1.807) is 0 Å². The van der Waals surface area contributed by atoms with Crippen molar-refractivity contribution in [2.24, 2.45) is 0 Å². The third-order valence-electron chi connectivity index (χ3n) is 2.47. The zero-order valence-corrected chi connectivity index (χ0v) is 10.6. The first-order valence-electron chi connectivity index (χ1n) is 5.45. The molecule has 1 aromatic carbocycles. The van der Waals surface area contributed by atoms with Crippen molar-refractivity contribution in [1.29, 1.82) is 0 Å². The van der Waals surface area contributed by atoms with Crippen molar-refractivity contribution < 1.29 is 13.8 Å². The van der Waals surface area contributed by atoms with E-state index >= 15 is 0 Å². The number of nitro benzene ring substituents is 1. The lowest BCUT2D eigenvalue weighted by Crippen LogP contribution is -1.93. The Labute approximate surface area is 112 Å². The van der Waals surface area contributed by atoms with Gasteiger partial charge in [0.1, 0.15) is 5.82 Å². The second kappa shape index (κ2) is 5.31. The molecule has 0 fully saturated rings. The Morgan fingerprint density at radius 2 is 2.32 bits per heavy atom. The predicted molar refractivity (Wildman–Crippen MR) is 65.2 cm³/mol. The van der Waals surface area contributed by atoms with Crippen LogP contribution < -0.4 is 0 Å². The van der Waals surface area contributed by atoms with Crippen LogP contribution in [0.15, 0.2) is 22.7 Å². The number of nitro groups is 1. The number of benzene rings is 1. The molecule has 0 N–H and O–H groups in total. The molecule has 19 heavy (non-hydrogen) atoms. The molecule has 1 heterocycles. The summed E-state index contributed by atoms with van der Waals surface area (Å²) in [6.07, 6.45) is 0.600. The quantitative estimate of drug-likeness (QED) is 0.488. The molecule has 0 bridgehead atoms. The van der Waals surface area contributed by atoms with Crippen molar-refractivity contribution in [1.82, 2.24) is 10.1 Å². The number of non-ortho nitro benzene ring substituents is 1. The number of halogens is 2. The largest absolute Gasteiger partial charge is 0.334 e. The van der Waals surface area contributed by atoms with Crippen molar-refractivity contribution in [3.63, 3.8) is 0 Å². The van der Waals surface area contributed by atoms with Crippen molar-refractivity contribution in [2.45, 2.75) is 18.7 Å². The number of hydrogen-bond donors (Lipinski definition) is 0. The van der Waals surface area contributed by atoms with Crippen molar-refractivity contribution >= 4 is 17.3 Å². The van der Waals surface area contributed by atoms with Crippen molar-refractivity contribution in [3.8, 4) is 11.5 Å². The highest BCUT2D eigenvalue weighted by Gasteiger charge is 2.19. The van der Waals surface area contributed by atoms with Gasteiger partial charge in [0.05, 0.1) is 21.9 Å². The van der Waals surface area contributed by atoms with Gasteiger partial charge in [0.25, 0.3) is 11.6 Å². The minimum absolute atomic E-state index is 0.00400. The van der Waals surface area contributed by atoms with Gasteiger partial charge >= 0.3 is 0 Å². The van der Waals surface area contributed by atoms with Crippen LogP contribution in [0.3, 0.4) is 0 Å². The van der Waals surface area contributed by atoms with Crippen LogP contribution in [0.2, 0.25) is 0 Å². The lowest BCUT2D eigenvalue weighted by molar-refractivity contribution is -0.385. The van der Waals surface area contributed by atoms with Gasteiger partial charge < -0.3 is 4.52 Å². The maximum Gasteiger partial charge on any atom is 0.272 e. The average molecular weight is 286 g/mol. The van der Waals surface area contributed by atoms with Gasteiger partial charge in [-0.3, -0.25) is 10.1 Å². The van der Waals surface area contributed by atoms with Crippen molar-refractivity contribution in [3.05, 3.63) is 40.0 Å². The third-order valence-corrected chi connectivity index (χ3v) is 2.98. The van der Waals surface area contributed by atoms with Crippen LogP contribution >= 0.6 is 11.6 Å². The van der Waals surface area contributed by atoms with Crippen LogP contribution in [0.25, 0.3) is 11.5 Å². The van der Waals surface area contributed by atoms with E-state index in [0.29, 0.717) is 6.42 Å². The maximum atomic E-state index is 13.7. The molecule has 0 aliphatic rings. The summed E-state index contributed by atoms with van der Waals surface area (Å²) < 4.78 is 18.6. The molecule has 0 saturated heterocycles. The SMILES string of the molecule is CCC(Cl)c1noc(-c2ccc([N+](=O)[O-])cc2F)n1. The van der Waals surface area contributed by atoms with E-state index in [0.717, 1.165) is 6.07 Å². The summed E-state index contributed by atoms with van der Waals surface area (Å²) in [7, 11) is 0. The van der Waals surface area contributed by atoms with Crippen LogP contribution in [0, 0.1) is 15.9 Å². The molecular formula is C11H9ClFN3O3. The molecule has 0 aliphatic carbocycles. The standard InChI is InChI=1S/C11H9ClFN3O3/c1-2-8(12)10-14-11(19-15-10)7-4-3-6(16(17)18)5-9(7)13/h3-5,8H,2H2,1H3. The van der Waals surface area contributed by atoms with Crippen LogP contribution in [-0.2, 0) is 0 Å². The van der Waals surface area contributed by atoms with Gasteiger partial charge in [-0.25, -0.2) is 4.39 Å². The molecule has 1 atom stereocenters. The molecule has 1 unspecified atom stereocenters. The van der Waals surface area contributed by atoms with E-state index in [1.807, 2.05) is 6.92 Å². The first-order chi connectivity index (χ1) is 9.02. The van der Waals surface area contributed by atoms with Gasteiger partial charge in [-0.05, 0) is 12.5 Å². The molecule has 0 radical (unpaired) electrons. The monoisotopic (exact) mass is 285 g/mol. The van der Waals surface area contributed by atoms with Crippen LogP contribution in [0.1, 0.15) is 24.5 Å². The average Bonchev–Trinajstić information content (AvgIpc) is 2.87. The van der Waals surface area contributed by atoms with Gasteiger partial charge in [0.15, 0.2) is 5.82 Å². The summed E-state index contributed by atoms with van der Waals surface area (Å²) in [5.41, 5.74) is -0.339. The first-order valence-corrected chi connectivity index (χ1v) is 5.88. The number of hydrogen-bond acceptors (Lipinski definition) is 5. The van der Waals surface area contributed by atoms with Gasteiger partial charge in [0, 0.05) is 6.07 Å². The van der Waals surface area contributed by atoms with E-state index in [4.69, 9.17) is 16.1 Å². The molecule has 1 aromatic heterocycles. The Hall–Kier alpha value is -2.02. The van der Waals surface area contributed by atoms with E-state index in [1.165, 1.54) is 12.1 Å². The molecule has 2 rings (SSSR count). The highest BCUT2D eigenvalue weighted by Crippen LogP contribution is 2.27. The Bertz CT molecular complexity index is 617. The van der Waals surface area contributed by atoms with Crippen LogP contribution in [-0.4, -0.2) is 15.1 Å². The highest BCUT2D eigenvalue weighted by molar-refractivity contribution is 6.20. The zero-order chi connectivity index (χ0) is 14.0. The number of rotatable bonds is 4. The van der Waals surface area contributed by atoms with Gasteiger partial charge in [-0.2, -0.15) is 4.98 Å². The minimum atomic E-state index is -0.799. The number of nitrogens with zero attached hydrogens (tertiary/aromatic N) is 3. The van der Waals surface area contributed by atoms with Gasteiger partial charge in [-0.1, -0.05) is 12.1 Å². The van der Waals surface area contributed by atoms with E-state index in [-0.39, 0.29) is 23.0 Å². The van der Waals surface area contributed by atoms with Gasteiger partial charge in [-0.15, -0.1) is 11.6 Å². The Balaban J connectivity index is 2.37. The van der Waals surface area contributed by atoms with Crippen LogP contribution in [0.4, 0.5) is 10.1 Å². The fourth-order valence-electron chi connectivity index (χ4n) is 1.45. The minimum Gasteiger partial charge on any atom is -0.334 e. The maximum absolute atomic E-state index is 13.7. The molecule has 6 nitrogen and oxygen atoms in total. The van der Waals surface area contributed by atoms with E-state index in [2.05, 4.69) is 10.1 Å². The Kier molecular flexibility index (Phi) is 3.75. The van der Waals surface area contributed by atoms with Crippen molar-refractivity contribution in [2.75, 3.05) is 0 Å². The molecule has 0 amide bonds. The topological polar surface area (TPSA) is 82.1 Å². The third kappa shape index (κ3) is 2.70. The zero-order valence-electron chi connectivity index (χ0n) is 9.84. The second-order valence-corrected chi connectivity index (χ2v) is 4.28. The fourth-order valence-corrected chi connectivity index (χ4v) is 1.53. The molecule has 2 aromatic rings. The Morgan fingerprint density at radius 1 is 1.58 bits per heavy atom. The molecule has 8 heteroatoms. The highest BCUT2D eigenvalue weighted by atomic mass is 35.5. The van der Waals surface area contributed by atoms with E-state index in [9.17, 15) is 14.5 Å². The lowest BCUT2D eigenvalue weighted by Gasteiger charge is -1.98. The van der Waals surface area contributed by atoms with Crippen LogP contribution in [0.5, 0.6) is 0 Å². The normalized spacial score (nSPS) is 12.4. The Morgan fingerprint density at radius 3 is 2.89 bits per heavy atom. The summed E-state index contributed by atoms with van der Waals surface area (Å²) in [4.78, 5) is 13.8. The summed E-state index contributed by atoms with van der Waals surface area (Å²) in [6, 6.07) is 3.19. The summed E-state index contributed by atoms with van der Waals surface area (Å²) in [5.74, 6) is -0.592.